The van der Waals surface area contributed by atoms with Crippen molar-refractivity contribution >= 4 is 14.3 Å². The lowest BCUT2D eigenvalue weighted by Crippen LogP contribution is -2.12. The molecule has 0 aliphatic rings. The van der Waals surface area contributed by atoms with E-state index >= 15 is 0 Å². The predicted octanol–water partition coefficient (Wildman–Crippen LogP) is 0.875. The van der Waals surface area contributed by atoms with Crippen molar-refractivity contribution in [1.82, 2.24) is 0 Å². The Bertz CT molecular complexity index is 292. The van der Waals surface area contributed by atoms with Gasteiger partial charge in [-0.05, 0) is 6.42 Å². The summed E-state index contributed by atoms with van der Waals surface area (Å²) < 4.78 is 27.1. The van der Waals surface area contributed by atoms with Crippen molar-refractivity contribution in [2.45, 2.75) is 32.5 Å². The SMILES string of the molecule is CCCCP(=O)(O)P(=O)(O)OC(O)CCO. The third kappa shape index (κ3) is 5.06. The number of rotatable bonds is 8. The van der Waals surface area contributed by atoms with Crippen molar-refractivity contribution in [3.63, 3.8) is 0 Å². The van der Waals surface area contributed by atoms with Crippen LogP contribution in [0.25, 0.3) is 0 Å². The lowest BCUT2D eigenvalue weighted by atomic mass is 10.4. The van der Waals surface area contributed by atoms with Gasteiger partial charge in [0.15, 0.2) is 6.29 Å². The average Bonchev–Trinajstić information content (AvgIpc) is 2.14. The molecule has 7 nitrogen and oxygen atoms in total. The summed E-state index contributed by atoms with van der Waals surface area (Å²) >= 11 is 0. The van der Waals surface area contributed by atoms with Gasteiger partial charge in [-0.2, -0.15) is 0 Å². The van der Waals surface area contributed by atoms with Gasteiger partial charge in [-0.25, -0.2) is 4.57 Å². The zero-order chi connectivity index (χ0) is 12.8. The summed E-state index contributed by atoms with van der Waals surface area (Å²) in [6.07, 6.45) is -1.42. The molecule has 0 saturated carbocycles. The zero-order valence-corrected chi connectivity index (χ0v) is 10.8. The molecule has 0 fully saturated rings. The van der Waals surface area contributed by atoms with Gasteiger partial charge in [-0.1, -0.05) is 13.3 Å². The van der Waals surface area contributed by atoms with Gasteiger partial charge in [0.1, 0.15) is 0 Å². The van der Waals surface area contributed by atoms with Crippen molar-refractivity contribution in [2.24, 2.45) is 0 Å². The van der Waals surface area contributed by atoms with E-state index in [1.807, 2.05) is 0 Å². The molecule has 0 aliphatic carbocycles. The van der Waals surface area contributed by atoms with Crippen molar-refractivity contribution in [3.05, 3.63) is 0 Å². The van der Waals surface area contributed by atoms with E-state index in [0.717, 1.165) is 0 Å². The van der Waals surface area contributed by atoms with E-state index in [1.54, 1.807) is 6.92 Å². The second-order valence-electron chi connectivity index (χ2n) is 3.30. The number of aliphatic hydroxyl groups is 2. The molecule has 0 heterocycles. The molecule has 98 valence electrons. The minimum atomic E-state index is -4.76. The van der Waals surface area contributed by atoms with Gasteiger partial charge in [-0.3, -0.25) is 9.09 Å². The van der Waals surface area contributed by atoms with Crippen LogP contribution in [0.1, 0.15) is 26.2 Å². The summed E-state index contributed by atoms with van der Waals surface area (Å²) in [4.78, 5) is 18.6. The van der Waals surface area contributed by atoms with E-state index in [9.17, 15) is 18.9 Å². The van der Waals surface area contributed by atoms with Gasteiger partial charge in [0.25, 0.3) is 0 Å². The fraction of sp³-hybridized carbons (Fsp3) is 1.00. The van der Waals surface area contributed by atoms with E-state index in [4.69, 9.17) is 10.2 Å². The third-order valence-corrected chi connectivity index (χ3v) is 7.29. The highest BCUT2D eigenvalue weighted by Crippen LogP contribution is 2.77. The van der Waals surface area contributed by atoms with E-state index in [2.05, 4.69) is 4.52 Å². The maximum Gasteiger partial charge on any atom is 0.412 e. The Morgan fingerprint density at radius 1 is 1.31 bits per heavy atom. The highest BCUT2D eigenvalue weighted by molar-refractivity contribution is 8.29. The van der Waals surface area contributed by atoms with Crippen LogP contribution in [-0.2, 0) is 13.7 Å². The first-order valence-corrected chi connectivity index (χ1v) is 9.02. The summed E-state index contributed by atoms with van der Waals surface area (Å²) in [5.74, 6) is 0. The Morgan fingerprint density at radius 2 is 1.88 bits per heavy atom. The summed E-state index contributed by atoms with van der Waals surface area (Å²) in [6, 6.07) is 0. The molecule has 0 aliphatic heterocycles. The van der Waals surface area contributed by atoms with E-state index in [1.165, 1.54) is 0 Å². The molecule has 0 bridgehead atoms. The fourth-order valence-electron chi connectivity index (χ4n) is 0.886. The molecular formula is C7H18O7P2. The number of aliphatic hydroxyl groups excluding tert-OH is 2. The maximum atomic E-state index is 11.5. The van der Waals surface area contributed by atoms with E-state index in [-0.39, 0.29) is 12.6 Å². The molecule has 0 aromatic rings. The average molecular weight is 276 g/mol. The first-order valence-electron chi connectivity index (χ1n) is 4.89. The second-order valence-corrected chi connectivity index (χ2v) is 9.66. The van der Waals surface area contributed by atoms with Crippen molar-refractivity contribution in [2.75, 3.05) is 12.8 Å². The summed E-state index contributed by atoms with van der Waals surface area (Å²) in [5.41, 5.74) is 0. The largest absolute Gasteiger partial charge is 0.412 e. The Balaban J connectivity index is 4.51. The topological polar surface area (TPSA) is 124 Å². The lowest BCUT2D eigenvalue weighted by Gasteiger charge is -2.20. The number of hydrogen-bond donors (Lipinski definition) is 4. The van der Waals surface area contributed by atoms with Gasteiger partial charge in [0, 0.05) is 19.2 Å². The van der Waals surface area contributed by atoms with Crippen LogP contribution in [0.5, 0.6) is 0 Å². The van der Waals surface area contributed by atoms with Crippen LogP contribution >= 0.6 is 14.3 Å². The zero-order valence-electron chi connectivity index (χ0n) is 9.02. The molecule has 0 spiro atoms. The van der Waals surface area contributed by atoms with E-state index in [0.29, 0.717) is 12.8 Å². The van der Waals surface area contributed by atoms with Gasteiger partial charge in [0.2, 0.25) is 0 Å². The molecule has 4 N–H and O–H groups in total. The van der Waals surface area contributed by atoms with Gasteiger partial charge in [-0.15, -0.1) is 0 Å². The van der Waals surface area contributed by atoms with Crippen LogP contribution in [0.2, 0.25) is 0 Å². The van der Waals surface area contributed by atoms with Crippen molar-refractivity contribution < 1.29 is 33.7 Å². The van der Waals surface area contributed by atoms with Gasteiger partial charge in [0.05, 0.1) is 0 Å². The Hall–Kier alpha value is 0.260. The molecule has 16 heavy (non-hydrogen) atoms. The predicted molar refractivity (Wildman–Crippen MR) is 58.2 cm³/mol. The smallest absolute Gasteiger partial charge is 0.396 e. The Morgan fingerprint density at radius 3 is 2.31 bits per heavy atom. The molecular weight excluding hydrogens is 258 g/mol. The number of hydrogen-bond acceptors (Lipinski definition) is 5. The molecule has 0 amide bonds. The van der Waals surface area contributed by atoms with Gasteiger partial charge < -0.3 is 20.0 Å². The van der Waals surface area contributed by atoms with Gasteiger partial charge >= 0.3 is 14.3 Å². The lowest BCUT2D eigenvalue weighted by molar-refractivity contribution is -0.0361. The quantitative estimate of drug-likeness (QED) is 0.383. The number of unbranched alkanes of at least 4 members (excludes halogenated alkanes) is 1. The van der Waals surface area contributed by atoms with Crippen LogP contribution in [0.15, 0.2) is 0 Å². The molecule has 0 saturated heterocycles. The highest BCUT2D eigenvalue weighted by Gasteiger charge is 2.43. The molecule has 3 unspecified atom stereocenters. The maximum absolute atomic E-state index is 11.5. The Labute approximate surface area is 94.0 Å². The monoisotopic (exact) mass is 276 g/mol. The summed E-state index contributed by atoms with van der Waals surface area (Å²) in [6.45, 7) is 1.32. The van der Waals surface area contributed by atoms with Crippen molar-refractivity contribution in [3.8, 4) is 0 Å². The first kappa shape index (κ1) is 16.3. The minimum absolute atomic E-state index is 0.293. The molecule has 9 heteroatoms. The first-order chi connectivity index (χ1) is 7.27. The normalized spacial score (nSPS) is 21.1. The summed E-state index contributed by atoms with van der Waals surface area (Å²) in [7, 11) is -9.10. The van der Waals surface area contributed by atoms with Crippen LogP contribution in [0.4, 0.5) is 0 Å². The minimum Gasteiger partial charge on any atom is -0.396 e. The molecule has 0 radical (unpaired) electrons. The molecule has 0 rings (SSSR count). The third-order valence-electron chi connectivity index (χ3n) is 1.83. The Kier molecular flexibility index (Phi) is 6.98. The summed E-state index contributed by atoms with van der Waals surface area (Å²) in [5, 5.41) is 17.5. The highest BCUT2D eigenvalue weighted by atomic mass is 32.1. The molecule has 3 atom stereocenters. The van der Waals surface area contributed by atoms with E-state index < -0.39 is 27.2 Å². The van der Waals surface area contributed by atoms with Crippen LogP contribution in [0, 0.1) is 0 Å². The second kappa shape index (κ2) is 6.87. The standard InChI is InChI=1S/C7H18O7P2/c1-2-3-6-15(10,11)16(12,13)14-7(9)4-5-8/h7-9H,2-6H2,1H3,(H,10,11)(H,12,13). The molecule has 0 aromatic carbocycles. The van der Waals surface area contributed by atoms with Crippen LogP contribution in [-0.4, -0.2) is 39.1 Å². The molecule has 0 aromatic heterocycles. The van der Waals surface area contributed by atoms with Crippen LogP contribution in [0.3, 0.4) is 0 Å². The van der Waals surface area contributed by atoms with Crippen LogP contribution < -0.4 is 0 Å². The van der Waals surface area contributed by atoms with Crippen molar-refractivity contribution in [1.29, 1.82) is 0 Å². The fourth-order valence-corrected chi connectivity index (χ4v) is 4.39.